The van der Waals surface area contributed by atoms with Crippen molar-refractivity contribution >= 4 is 17.5 Å². The van der Waals surface area contributed by atoms with E-state index in [1.165, 1.54) is 17.7 Å². The number of carbonyl (C=O) groups excluding carboxylic acids is 2. The lowest BCUT2D eigenvalue weighted by Crippen LogP contribution is -2.97. The summed E-state index contributed by atoms with van der Waals surface area (Å²) in [6.45, 7) is 4.56. The average Bonchev–Trinajstić information content (AvgIpc) is 2.86. The Morgan fingerprint density at radius 3 is 2.50 bits per heavy atom. The molecular weight excluding hydrogens is 304 g/mol. The topological polar surface area (TPSA) is 63.2 Å². The highest BCUT2D eigenvalue weighted by atomic mass is 16.5. The average molecular weight is 331 g/mol. The maximum absolute atomic E-state index is 12.8. The Bertz CT molecular complexity index is 614. The lowest BCUT2D eigenvalue weighted by atomic mass is 9.78. The summed E-state index contributed by atoms with van der Waals surface area (Å²) < 4.78 is 5.13. The molecule has 1 aliphatic heterocycles. The number of nitrogens with two attached hydrogens (primary N) is 1. The molecule has 1 saturated heterocycles. The van der Waals surface area contributed by atoms with Crippen molar-refractivity contribution in [1.29, 1.82) is 0 Å². The molecule has 2 N–H and O–H groups in total. The van der Waals surface area contributed by atoms with E-state index in [2.05, 4.69) is 19.2 Å². The standard InChI is InChI=1S/C19H26N2O3/c1-12-5-4-6-16(13(12)2)20-17-11-18(22)21(19(17)23)14-7-9-15(24-3)10-8-14/h7-10,12-13,16-17,20H,4-6,11H2,1-3H3/p+1/t12-,13-,16+,17-/m1/s1. The van der Waals surface area contributed by atoms with Crippen molar-refractivity contribution in [2.24, 2.45) is 11.8 Å². The fourth-order valence-electron chi connectivity index (χ4n) is 4.00. The van der Waals surface area contributed by atoms with Gasteiger partial charge in [0.05, 0.1) is 25.3 Å². The van der Waals surface area contributed by atoms with Gasteiger partial charge < -0.3 is 10.1 Å². The largest absolute Gasteiger partial charge is 0.497 e. The second-order valence-corrected chi connectivity index (χ2v) is 7.20. The molecule has 0 spiro atoms. The summed E-state index contributed by atoms with van der Waals surface area (Å²) in [5.74, 6) is 1.78. The highest BCUT2D eigenvalue weighted by Gasteiger charge is 2.44. The van der Waals surface area contributed by atoms with Crippen LogP contribution in [0.3, 0.4) is 0 Å². The van der Waals surface area contributed by atoms with E-state index in [4.69, 9.17) is 4.74 Å². The molecule has 130 valence electrons. The molecule has 0 bridgehead atoms. The highest BCUT2D eigenvalue weighted by Crippen LogP contribution is 2.29. The van der Waals surface area contributed by atoms with E-state index in [0.717, 1.165) is 6.42 Å². The Balaban J connectivity index is 1.71. The van der Waals surface area contributed by atoms with Gasteiger partial charge in [0.2, 0.25) is 5.91 Å². The van der Waals surface area contributed by atoms with Crippen molar-refractivity contribution in [3.63, 3.8) is 0 Å². The van der Waals surface area contributed by atoms with Crippen LogP contribution < -0.4 is 15.0 Å². The molecule has 2 amide bonds. The minimum atomic E-state index is -0.280. The van der Waals surface area contributed by atoms with E-state index in [1.807, 2.05) is 0 Å². The second-order valence-electron chi connectivity index (χ2n) is 7.20. The fraction of sp³-hybridized carbons (Fsp3) is 0.579. The molecule has 5 heteroatoms. The van der Waals surface area contributed by atoms with Crippen LogP contribution in [-0.4, -0.2) is 31.0 Å². The van der Waals surface area contributed by atoms with Gasteiger partial charge >= 0.3 is 0 Å². The summed E-state index contributed by atoms with van der Waals surface area (Å²) in [6.07, 6.45) is 3.90. The first-order valence-electron chi connectivity index (χ1n) is 8.87. The summed E-state index contributed by atoms with van der Waals surface area (Å²) in [6, 6.07) is 7.24. The van der Waals surface area contributed by atoms with Crippen LogP contribution in [0.1, 0.15) is 39.5 Å². The van der Waals surface area contributed by atoms with Crippen molar-refractivity contribution < 1.29 is 19.6 Å². The van der Waals surface area contributed by atoms with E-state index in [9.17, 15) is 9.59 Å². The van der Waals surface area contributed by atoms with E-state index in [0.29, 0.717) is 35.7 Å². The summed E-state index contributed by atoms with van der Waals surface area (Å²) in [5, 5.41) is 2.16. The zero-order valence-corrected chi connectivity index (χ0v) is 14.7. The van der Waals surface area contributed by atoms with E-state index in [1.54, 1.807) is 31.4 Å². The van der Waals surface area contributed by atoms with Crippen LogP contribution in [0.25, 0.3) is 0 Å². The van der Waals surface area contributed by atoms with Crippen LogP contribution in [-0.2, 0) is 9.59 Å². The minimum Gasteiger partial charge on any atom is -0.497 e. The lowest BCUT2D eigenvalue weighted by Gasteiger charge is -2.33. The molecule has 24 heavy (non-hydrogen) atoms. The number of hydrogen-bond donors (Lipinski definition) is 1. The molecule has 0 radical (unpaired) electrons. The van der Waals surface area contributed by atoms with Crippen LogP contribution >= 0.6 is 0 Å². The van der Waals surface area contributed by atoms with Gasteiger partial charge in [0, 0.05) is 5.92 Å². The number of imide groups is 1. The van der Waals surface area contributed by atoms with Gasteiger partial charge in [0.15, 0.2) is 6.04 Å². The summed E-state index contributed by atoms with van der Waals surface area (Å²) in [7, 11) is 1.60. The molecule has 5 nitrogen and oxygen atoms in total. The van der Waals surface area contributed by atoms with Crippen LogP contribution in [0.4, 0.5) is 5.69 Å². The number of benzene rings is 1. The predicted octanol–water partition coefficient (Wildman–Crippen LogP) is 1.72. The molecule has 1 heterocycles. The molecule has 1 saturated carbocycles. The van der Waals surface area contributed by atoms with Crippen molar-refractivity contribution in [3.05, 3.63) is 24.3 Å². The quantitative estimate of drug-likeness (QED) is 0.855. The Labute approximate surface area is 143 Å². The molecule has 2 fully saturated rings. The van der Waals surface area contributed by atoms with Crippen molar-refractivity contribution in [1.82, 2.24) is 0 Å². The summed E-state index contributed by atoms with van der Waals surface area (Å²) in [4.78, 5) is 26.5. The van der Waals surface area contributed by atoms with Crippen LogP contribution in [0.2, 0.25) is 0 Å². The molecule has 4 atom stereocenters. The molecule has 2 aliphatic rings. The first-order valence-corrected chi connectivity index (χ1v) is 8.87. The summed E-state index contributed by atoms with van der Waals surface area (Å²) >= 11 is 0. The van der Waals surface area contributed by atoms with E-state index < -0.39 is 0 Å². The number of amides is 2. The number of hydrogen-bond acceptors (Lipinski definition) is 3. The third-order valence-corrected chi connectivity index (χ3v) is 5.76. The smallest absolute Gasteiger partial charge is 0.292 e. The SMILES string of the molecule is COc1ccc(N2C(=O)C[C@@H]([NH2+][C@H]3CCC[C@@H](C)[C@H]3C)C2=O)cc1. The van der Waals surface area contributed by atoms with Crippen LogP contribution in [0.15, 0.2) is 24.3 Å². The number of carbonyl (C=O) groups is 2. The van der Waals surface area contributed by atoms with Gasteiger partial charge in [-0.2, -0.15) is 0 Å². The van der Waals surface area contributed by atoms with E-state index in [-0.39, 0.29) is 17.9 Å². The lowest BCUT2D eigenvalue weighted by molar-refractivity contribution is -0.716. The van der Waals surface area contributed by atoms with E-state index >= 15 is 0 Å². The molecule has 3 rings (SSSR count). The number of quaternary nitrogens is 1. The zero-order valence-electron chi connectivity index (χ0n) is 14.7. The van der Waals surface area contributed by atoms with Gasteiger partial charge in [-0.05, 0) is 49.4 Å². The molecular formula is C19H27N2O3+. The van der Waals surface area contributed by atoms with Gasteiger partial charge in [0.25, 0.3) is 5.91 Å². The normalized spacial score (nSPS) is 30.7. The van der Waals surface area contributed by atoms with Crippen molar-refractivity contribution in [2.75, 3.05) is 12.0 Å². The maximum atomic E-state index is 12.8. The Morgan fingerprint density at radius 1 is 1.12 bits per heavy atom. The van der Waals surface area contributed by atoms with Gasteiger partial charge in [-0.25, -0.2) is 4.90 Å². The number of ether oxygens (including phenoxy) is 1. The Hall–Kier alpha value is -1.88. The van der Waals surface area contributed by atoms with Gasteiger partial charge in [-0.15, -0.1) is 0 Å². The molecule has 0 aromatic heterocycles. The fourth-order valence-corrected chi connectivity index (χ4v) is 4.00. The van der Waals surface area contributed by atoms with Crippen LogP contribution in [0, 0.1) is 11.8 Å². The van der Waals surface area contributed by atoms with Crippen molar-refractivity contribution in [2.45, 2.75) is 51.6 Å². The number of anilines is 1. The number of rotatable bonds is 4. The highest BCUT2D eigenvalue weighted by molar-refractivity contribution is 6.21. The number of methoxy groups -OCH3 is 1. The molecule has 1 aromatic rings. The van der Waals surface area contributed by atoms with Gasteiger partial charge in [-0.1, -0.05) is 13.8 Å². The predicted molar refractivity (Wildman–Crippen MR) is 91.8 cm³/mol. The monoisotopic (exact) mass is 331 g/mol. The molecule has 1 aliphatic carbocycles. The van der Waals surface area contributed by atoms with Gasteiger partial charge in [-0.3, -0.25) is 9.59 Å². The third kappa shape index (κ3) is 3.18. The summed E-state index contributed by atoms with van der Waals surface area (Å²) in [5.41, 5.74) is 0.631. The number of nitrogens with zero attached hydrogens (tertiary/aromatic N) is 1. The minimum absolute atomic E-state index is 0.0874. The maximum Gasteiger partial charge on any atom is 0.292 e. The van der Waals surface area contributed by atoms with Gasteiger partial charge in [0.1, 0.15) is 5.75 Å². The first-order chi connectivity index (χ1) is 11.5. The zero-order chi connectivity index (χ0) is 17.3. The Kier molecular flexibility index (Phi) is 4.90. The molecule has 1 aromatic carbocycles. The molecule has 0 unspecified atom stereocenters. The third-order valence-electron chi connectivity index (χ3n) is 5.76. The first kappa shape index (κ1) is 17.0. The Morgan fingerprint density at radius 2 is 1.83 bits per heavy atom. The van der Waals surface area contributed by atoms with Crippen LogP contribution in [0.5, 0.6) is 5.75 Å². The van der Waals surface area contributed by atoms with Crippen molar-refractivity contribution in [3.8, 4) is 5.75 Å². The second kappa shape index (κ2) is 6.93.